The van der Waals surface area contributed by atoms with Gasteiger partial charge in [0, 0.05) is 24.2 Å². The van der Waals surface area contributed by atoms with Crippen LogP contribution >= 0.6 is 11.8 Å². The molecule has 0 aliphatic carbocycles. The van der Waals surface area contributed by atoms with Gasteiger partial charge in [-0.05, 0) is 18.4 Å². The molecule has 0 aromatic carbocycles. The Kier molecular flexibility index (Phi) is 5.35. The van der Waals surface area contributed by atoms with E-state index in [1.807, 2.05) is 6.20 Å². The van der Waals surface area contributed by atoms with Crippen LogP contribution in [0, 0.1) is 5.41 Å². The normalized spacial score (nSPS) is 14.0. The predicted octanol–water partition coefficient (Wildman–Crippen LogP) is 2.92. The summed E-state index contributed by atoms with van der Waals surface area (Å²) in [5.41, 5.74) is 0.286. The second-order valence-corrected chi connectivity index (χ2v) is 6.09. The SMILES string of the molecule is CCCNC(CSc1ncc[nH]1)C(C)(C)C. The van der Waals surface area contributed by atoms with E-state index in [-0.39, 0.29) is 5.41 Å². The van der Waals surface area contributed by atoms with Crippen molar-refractivity contribution in [3.05, 3.63) is 12.4 Å². The minimum absolute atomic E-state index is 0.286. The van der Waals surface area contributed by atoms with E-state index in [0.29, 0.717) is 6.04 Å². The van der Waals surface area contributed by atoms with E-state index in [0.717, 1.165) is 17.5 Å². The minimum Gasteiger partial charge on any atom is -0.340 e. The fraction of sp³-hybridized carbons (Fsp3) is 0.750. The molecule has 1 aromatic heterocycles. The Morgan fingerprint density at radius 2 is 2.25 bits per heavy atom. The first-order chi connectivity index (χ1) is 7.54. The first-order valence-corrected chi connectivity index (χ1v) is 6.88. The molecule has 2 N–H and O–H groups in total. The standard InChI is InChI=1S/C12H23N3S/c1-5-6-13-10(12(2,3)4)9-16-11-14-7-8-15-11/h7-8,10,13H,5-6,9H2,1-4H3,(H,14,15). The van der Waals surface area contributed by atoms with Gasteiger partial charge < -0.3 is 10.3 Å². The van der Waals surface area contributed by atoms with E-state index in [1.165, 1.54) is 6.42 Å². The van der Waals surface area contributed by atoms with Gasteiger partial charge in [0.15, 0.2) is 5.16 Å². The quantitative estimate of drug-likeness (QED) is 0.752. The van der Waals surface area contributed by atoms with Gasteiger partial charge in [0.2, 0.25) is 0 Å². The zero-order chi connectivity index (χ0) is 12.0. The van der Waals surface area contributed by atoms with E-state index in [4.69, 9.17) is 0 Å². The first-order valence-electron chi connectivity index (χ1n) is 5.89. The van der Waals surface area contributed by atoms with Crippen molar-refractivity contribution in [2.45, 2.75) is 45.3 Å². The van der Waals surface area contributed by atoms with Crippen molar-refractivity contribution < 1.29 is 0 Å². The highest BCUT2D eigenvalue weighted by Gasteiger charge is 2.24. The zero-order valence-corrected chi connectivity index (χ0v) is 11.5. The molecule has 0 fully saturated rings. The molecule has 1 heterocycles. The number of hydrogen-bond acceptors (Lipinski definition) is 3. The van der Waals surface area contributed by atoms with Gasteiger partial charge in [0.05, 0.1) is 0 Å². The third-order valence-electron chi connectivity index (χ3n) is 2.55. The molecule has 3 nitrogen and oxygen atoms in total. The summed E-state index contributed by atoms with van der Waals surface area (Å²) in [7, 11) is 0. The fourth-order valence-electron chi connectivity index (χ4n) is 1.43. The highest BCUT2D eigenvalue weighted by molar-refractivity contribution is 7.99. The summed E-state index contributed by atoms with van der Waals surface area (Å²) in [6.45, 7) is 10.1. The van der Waals surface area contributed by atoms with E-state index in [9.17, 15) is 0 Å². The number of thioether (sulfide) groups is 1. The van der Waals surface area contributed by atoms with Gasteiger partial charge in [0.1, 0.15) is 0 Å². The number of nitrogens with one attached hydrogen (secondary N) is 2. The number of nitrogens with zero attached hydrogens (tertiary/aromatic N) is 1. The van der Waals surface area contributed by atoms with Crippen LogP contribution in [0.25, 0.3) is 0 Å². The molecule has 0 saturated heterocycles. The lowest BCUT2D eigenvalue weighted by molar-refractivity contribution is 0.291. The van der Waals surface area contributed by atoms with Crippen LogP contribution in [0.15, 0.2) is 17.6 Å². The van der Waals surface area contributed by atoms with Crippen LogP contribution in [0.3, 0.4) is 0 Å². The molecular formula is C12H23N3S. The smallest absolute Gasteiger partial charge is 0.165 e. The second-order valence-electron chi connectivity index (χ2n) is 5.08. The van der Waals surface area contributed by atoms with E-state index in [1.54, 1.807) is 18.0 Å². The van der Waals surface area contributed by atoms with Gasteiger partial charge in [-0.1, -0.05) is 39.5 Å². The molecule has 1 aromatic rings. The van der Waals surface area contributed by atoms with Gasteiger partial charge in [-0.3, -0.25) is 0 Å². The Hall–Kier alpha value is -0.480. The Balaban J connectivity index is 2.44. The summed E-state index contributed by atoms with van der Waals surface area (Å²) < 4.78 is 0. The van der Waals surface area contributed by atoms with Crippen molar-refractivity contribution in [3.63, 3.8) is 0 Å². The van der Waals surface area contributed by atoms with E-state index < -0.39 is 0 Å². The lowest BCUT2D eigenvalue weighted by atomic mass is 9.88. The predicted molar refractivity (Wildman–Crippen MR) is 70.8 cm³/mol. The van der Waals surface area contributed by atoms with Gasteiger partial charge in [-0.15, -0.1) is 0 Å². The lowest BCUT2D eigenvalue weighted by Gasteiger charge is -2.31. The Bertz CT molecular complexity index is 277. The molecule has 4 heteroatoms. The summed E-state index contributed by atoms with van der Waals surface area (Å²) in [6, 6.07) is 0.516. The summed E-state index contributed by atoms with van der Waals surface area (Å²) in [5, 5.41) is 4.62. The Morgan fingerprint density at radius 1 is 1.50 bits per heavy atom. The average molecular weight is 241 g/mol. The van der Waals surface area contributed by atoms with Crippen LogP contribution in [0.2, 0.25) is 0 Å². The summed E-state index contributed by atoms with van der Waals surface area (Å²) in [5.74, 6) is 1.05. The van der Waals surface area contributed by atoms with Crippen LogP contribution in [-0.2, 0) is 0 Å². The van der Waals surface area contributed by atoms with Crippen LogP contribution < -0.4 is 5.32 Å². The molecular weight excluding hydrogens is 218 g/mol. The molecule has 92 valence electrons. The molecule has 0 aliphatic rings. The van der Waals surface area contributed by atoms with Crippen molar-refractivity contribution in [1.82, 2.24) is 15.3 Å². The van der Waals surface area contributed by atoms with Crippen molar-refractivity contribution in [2.24, 2.45) is 5.41 Å². The summed E-state index contributed by atoms with van der Waals surface area (Å²) >= 11 is 1.78. The zero-order valence-electron chi connectivity index (χ0n) is 10.7. The topological polar surface area (TPSA) is 40.7 Å². The maximum Gasteiger partial charge on any atom is 0.165 e. The maximum atomic E-state index is 4.23. The molecule has 0 radical (unpaired) electrons. The van der Waals surface area contributed by atoms with Crippen molar-refractivity contribution >= 4 is 11.8 Å². The van der Waals surface area contributed by atoms with Crippen LogP contribution in [0.1, 0.15) is 34.1 Å². The number of aromatic nitrogens is 2. The molecule has 0 amide bonds. The second kappa shape index (κ2) is 6.30. The van der Waals surface area contributed by atoms with E-state index in [2.05, 4.69) is 43.0 Å². The lowest BCUT2D eigenvalue weighted by Crippen LogP contribution is -2.42. The van der Waals surface area contributed by atoms with Gasteiger partial charge in [-0.2, -0.15) is 0 Å². The molecule has 0 saturated carbocycles. The first kappa shape index (κ1) is 13.6. The van der Waals surface area contributed by atoms with Crippen molar-refractivity contribution in [2.75, 3.05) is 12.3 Å². The fourth-order valence-corrected chi connectivity index (χ4v) is 2.65. The summed E-state index contributed by atoms with van der Waals surface area (Å²) in [6.07, 6.45) is 4.85. The van der Waals surface area contributed by atoms with Gasteiger partial charge in [0.25, 0.3) is 0 Å². The molecule has 1 rings (SSSR count). The number of H-pyrrole nitrogens is 1. The molecule has 0 spiro atoms. The van der Waals surface area contributed by atoms with Gasteiger partial charge in [-0.25, -0.2) is 4.98 Å². The minimum atomic E-state index is 0.286. The highest BCUT2D eigenvalue weighted by atomic mass is 32.2. The molecule has 16 heavy (non-hydrogen) atoms. The monoisotopic (exact) mass is 241 g/mol. The van der Waals surface area contributed by atoms with Crippen molar-refractivity contribution in [1.29, 1.82) is 0 Å². The van der Waals surface area contributed by atoms with Gasteiger partial charge >= 0.3 is 0 Å². The van der Waals surface area contributed by atoms with Crippen LogP contribution in [0.4, 0.5) is 0 Å². The Morgan fingerprint density at radius 3 is 2.75 bits per heavy atom. The van der Waals surface area contributed by atoms with Crippen LogP contribution in [-0.4, -0.2) is 28.3 Å². The Labute approximate surface area is 103 Å². The molecule has 0 bridgehead atoms. The van der Waals surface area contributed by atoms with Crippen LogP contribution in [0.5, 0.6) is 0 Å². The highest BCUT2D eigenvalue weighted by Crippen LogP contribution is 2.24. The summed E-state index contributed by atoms with van der Waals surface area (Å²) in [4.78, 5) is 7.35. The molecule has 1 atom stereocenters. The third kappa shape index (κ3) is 4.58. The van der Waals surface area contributed by atoms with Crippen molar-refractivity contribution in [3.8, 4) is 0 Å². The largest absolute Gasteiger partial charge is 0.340 e. The molecule has 1 unspecified atom stereocenters. The number of rotatable bonds is 6. The number of hydrogen-bond donors (Lipinski definition) is 2. The maximum absolute atomic E-state index is 4.23. The number of imidazole rings is 1. The average Bonchev–Trinajstić information content (AvgIpc) is 2.68. The third-order valence-corrected chi connectivity index (χ3v) is 3.54. The van der Waals surface area contributed by atoms with E-state index >= 15 is 0 Å². The number of aromatic amines is 1. The molecule has 0 aliphatic heterocycles.